The van der Waals surface area contributed by atoms with Crippen LogP contribution in [0.15, 0.2) is 72.9 Å². The quantitative estimate of drug-likeness (QED) is 0.0196. The number of carboxylic acid groups (broad SMARTS) is 1. The maximum absolute atomic E-state index is 12.8. The molecule has 0 heterocycles. The summed E-state index contributed by atoms with van der Waals surface area (Å²) in [5, 5.41) is 11.7. The number of likely N-dealkylation sites (N-methyl/N-ethyl adjacent to an activating group) is 1. The van der Waals surface area contributed by atoms with E-state index in [2.05, 4.69) is 86.8 Å². The SMILES string of the molecule is CC/C=C\C/C=C\C/C=C\C/C=C\C/C=C\C/C=C\CCCCCCCCC(=O)OC(COC(=O)CCCCCCCCCCCC)COC(OCC[N+](C)(C)C)C(=O)[O-]. The van der Waals surface area contributed by atoms with Gasteiger partial charge < -0.3 is 33.3 Å². The zero-order valence-electron chi connectivity index (χ0n) is 38.8. The van der Waals surface area contributed by atoms with E-state index in [4.69, 9.17) is 18.9 Å². The average Bonchev–Trinajstić information content (AvgIpc) is 3.21. The molecule has 0 aromatic rings. The highest BCUT2D eigenvalue weighted by Gasteiger charge is 2.21. The van der Waals surface area contributed by atoms with Crippen LogP contribution in [0.1, 0.15) is 174 Å². The van der Waals surface area contributed by atoms with Crippen molar-refractivity contribution in [2.45, 2.75) is 187 Å². The minimum atomic E-state index is -1.63. The standard InChI is InChI=1S/C51H87NO8/c1-6-8-10-12-14-16-18-19-20-21-22-23-24-25-26-27-28-29-30-31-32-34-36-38-40-42-49(54)60-47(46-59-51(50(55)56)57-44-43-52(3,4)5)45-58-48(53)41-39-37-35-33-17-15-13-11-9-7-2/h8,10,14,16,19-20,22-23,25-26,28-29,47,51H,6-7,9,11-13,15,17-18,21,24,27,30-46H2,1-5H3/b10-8-,16-14-,20-19-,23-22-,26-25-,29-28-. The van der Waals surface area contributed by atoms with Gasteiger partial charge in [-0.2, -0.15) is 0 Å². The lowest BCUT2D eigenvalue weighted by Gasteiger charge is -2.26. The second-order valence-electron chi connectivity index (χ2n) is 16.7. The lowest BCUT2D eigenvalue weighted by atomic mass is 10.1. The van der Waals surface area contributed by atoms with Crippen LogP contribution < -0.4 is 5.11 Å². The van der Waals surface area contributed by atoms with Crippen LogP contribution in [0.2, 0.25) is 0 Å². The Hall–Kier alpha value is -3.27. The molecule has 0 spiro atoms. The average molecular weight is 842 g/mol. The number of esters is 2. The van der Waals surface area contributed by atoms with Crippen LogP contribution in [0.25, 0.3) is 0 Å². The minimum Gasteiger partial charge on any atom is -0.545 e. The van der Waals surface area contributed by atoms with Crippen LogP contribution in [0.3, 0.4) is 0 Å². The Labute approximate surface area is 367 Å². The summed E-state index contributed by atoms with van der Waals surface area (Å²) in [4.78, 5) is 36.9. The second kappa shape index (κ2) is 42.4. The van der Waals surface area contributed by atoms with Crippen LogP contribution in [0.4, 0.5) is 0 Å². The number of quaternary nitrogens is 1. The van der Waals surface area contributed by atoms with E-state index >= 15 is 0 Å². The maximum Gasteiger partial charge on any atom is 0.306 e. The number of carbonyl (C=O) groups excluding carboxylic acids is 3. The number of rotatable bonds is 42. The number of allylic oxidation sites excluding steroid dienone is 12. The van der Waals surface area contributed by atoms with E-state index in [1.54, 1.807) is 0 Å². The summed E-state index contributed by atoms with van der Waals surface area (Å²) in [5.74, 6) is -2.31. The molecular weight excluding hydrogens is 755 g/mol. The molecule has 0 N–H and O–H groups in total. The van der Waals surface area contributed by atoms with Gasteiger partial charge >= 0.3 is 11.9 Å². The highest BCUT2D eigenvalue weighted by atomic mass is 16.7. The number of carbonyl (C=O) groups is 3. The zero-order valence-corrected chi connectivity index (χ0v) is 38.8. The first-order valence-corrected chi connectivity index (χ1v) is 23.6. The van der Waals surface area contributed by atoms with Gasteiger partial charge in [-0.25, -0.2) is 0 Å². The third-order valence-corrected chi connectivity index (χ3v) is 9.72. The first kappa shape index (κ1) is 56.7. The van der Waals surface area contributed by atoms with Gasteiger partial charge in [0, 0.05) is 12.8 Å². The Kier molecular flexibility index (Phi) is 40.1. The third kappa shape index (κ3) is 42.8. The van der Waals surface area contributed by atoms with Crippen LogP contribution in [0.5, 0.6) is 0 Å². The predicted octanol–water partition coefficient (Wildman–Crippen LogP) is 11.4. The number of nitrogens with zero attached hydrogens (tertiary/aromatic N) is 1. The Morgan fingerprint density at radius 3 is 1.42 bits per heavy atom. The van der Waals surface area contributed by atoms with Crippen molar-refractivity contribution >= 4 is 17.9 Å². The normalized spacial score (nSPS) is 13.6. The van der Waals surface area contributed by atoms with Crippen molar-refractivity contribution in [2.24, 2.45) is 0 Å². The molecule has 0 aliphatic heterocycles. The molecule has 344 valence electrons. The van der Waals surface area contributed by atoms with Gasteiger partial charge in [0.2, 0.25) is 0 Å². The highest BCUT2D eigenvalue weighted by Crippen LogP contribution is 2.13. The highest BCUT2D eigenvalue weighted by molar-refractivity contribution is 5.70. The number of aliphatic carboxylic acids is 1. The smallest absolute Gasteiger partial charge is 0.306 e. The second-order valence-corrected chi connectivity index (χ2v) is 16.7. The summed E-state index contributed by atoms with van der Waals surface area (Å²) in [5.41, 5.74) is 0. The van der Waals surface area contributed by atoms with E-state index in [-0.39, 0.29) is 38.6 Å². The number of hydrogen-bond donors (Lipinski definition) is 0. The molecule has 0 aliphatic rings. The molecule has 0 rings (SSSR count). The van der Waals surface area contributed by atoms with E-state index in [0.717, 1.165) is 96.3 Å². The number of ether oxygens (including phenoxy) is 4. The molecule has 60 heavy (non-hydrogen) atoms. The van der Waals surface area contributed by atoms with Gasteiger partial charge in [0.1, 0.15) is 13.2 Å². The van der Waals surface area contributed by atoms with Crippen molar-refractivity contribution in [3.63, 3.8) is 0 Å². The molecule has 0 amide bonds. The van der Waals surface area contributed by atoms with E-state index in [1.807, 2.05) is 21.1 Å². The summed E-state index contributed by atoms with van der Waals surface area (Å²) >= 11 is 0. The minimum absolute atomic E-state index is 0.142. The van der Waals surface area contributed by atoms with Crippen LogP contribution in [-0.2, 0) is 33.3 Å². The molecule has 0 aromatic carbocycles. The Morgan fingerprint density at radius 2 is 0.950 bits per heavy atom. The van der Waals surface area contributed by atoms with E-state index in [0.29, 0.717) is 17.4 Å². The Balaban J connectivity index is 4.37. The number of unbranched alkanes of at least 4 members (excludes halogenated alkanes) is 15. The monoisotopic (exact) mass is 842 g/mol. The lowest BCUT2D eigenvalue weighted by molar-refractivity contribution is -0.870. The fourth-order valence-electron chi connectivity index (χ4n) is 6.07. The van der Waals surface area contributed by atoms with Gasteiger partial charge in [0.15, 0.2) is 12.4 Å². The molecule has 9 nitrogen and oxygen atoms in total. The molecular formula is C51H87NO8. The summed E-state index contributed by atoms with van der Waals surface area (Å²) in [7, 11) is 5.89. The van der Waals surface area contributed by atoms with Crippen LogP contribution in [0, 0.1) is 0 Å². The Bertz CT molecular complexity index is 1210. The number of hydrogen-bond acceptors (Lipinski definition) is 8. The van der Waals surface area contributed by atoms with Crippen molar-refractivity contribution in [3.8, 4) is 0 Å². The van der Waals surface area contributed by atoms with Gasteiger partial charge in [-0.05, 0) is 64.2 Å². The van der Waals surface area contributed by atoms with Crippen molar-refractivity contribution in [2.75, 3.05) is 47.5 Å². The molecule has 0 aliphatic carbocycles. The van der Waals surface area contributed by atoms with Crippen molar-refractivity contribution in [3.05, 3.63) is 72.9 Å². The van der Waals surface area contributed by atoms with Crippen LogP contribution in [-0.4, -0.2) is 82.3 Å². The Morgan fingerprint density at radius 1 is 0.517 bits per heavy atom. The fraction of sp³-hybridized carbons (Fsp3) is 0.706. The summed E-state index contributed by atoms with van der Waals surface area (Å²) < 4.78 is 22.5. The van der Waals surface area contributed by atoms with Gasteiger partial charge in [-0.3, -0.25) is 9.59 Å². The molecule has 0 fully saturated rings. The zero-order chi connectivity index (χ0) is 44.2. The molecule has 0 aromatic heterocycles. The van der Waals surface area contributed by atoms with Crippen LogP contribution >= 0.6 is 0 Å². The van der Waals surface area contributed by atoms with Gasteiger partial charge in [0.25, 0.3) is 0 Å². The maximum atomic E-state index is 12.8. The van der Waals surface area contributed by atoms with E-state index in [1.165, 1.54) is 44.9 Å². The van der Waals surface area contributed by atoms with Gasteiger partial charge in [-0.15, -0.1) is 0 Å². The molecule has 2 unspecified atom stereocenters. The first-order chi connectivity index (χ1) is 29.1. The lowest BCUT2D eigenvalue weighted by Crippen LogP contribution is -2.44. The first-order valence-electron chi connectivity index (χ1n) is 23.6. The third-order valence-electron chi connectivity index (χ3n) is 9.72. The van der Waals surface area contributed by atoms with Crippen molar-refractivity contribution in [1.82, 2.24) is 0 Å². The van der Waals surface area contributed by atoms with Crippen molar-refractivity contribution < 1.29 is 42.9 Å². The molecule has 0 saturated carbocycles. The topological polar surface area (TPSA) is 111 Å². The summed E-state index contributed by atoms with van der Waals surface area (Å²) in [6, 6.07) is 0. The summed E-state index contributed by atoms with van der Waals surface area (Å²) in [6.45, 7) is 4.58. The predicted molar refractivity (Wildman–Crippen MR) is 246 cm³/mol. The van der Waals surface area contributed by atoms with E-state index in [9.17, 15) is 19.5 Å². The molecule has 9 heteroatoms. The molecule has 2 atom stereocenters. The van der Waals surface area contributed by atoms with Crippen molar-refractivity contribution in [1.29, 1.82) is 0 Å². The van der Waals surface area contributed by atoms with Gasteiger partial charge in [0.05, 0.1) is 40.3 Å². The summed E-state index contributed by atoms with van der Waals surface area (Å²) in [6.07, 6.45) is 49.4. The van der Waals surface area contributed by atoms with E-state index < -0.39 is 24.3 Å². The molecule has 0 bridgehead atoms. The molecule has 0 radical (unpaired) electrons. The largest absolute Gasteiger partial charge is 0.545 e. The fourth-order valence-corrected chi connectivity index (χ4v) is 6.07. The van der Waals surface area contributed by atoms with Gasteiger partial charge in [-0.1, -0.05) is 170 Å². The molecule has 0 saturated heterocycles. The number of carboxylic acids is 1.